The number of hydrogen-bond acceptors (Lipinski definition) is 5. The van der Waals surface area contributed by atoms with Gasteiger partial charge >= 0.3 is 5.97 Å². The third-order valence-electron chi connectivity index (χ3n) is 5.62. The first-order chi connectivity index (χ1) is 15.0. The Balaban J connectivity index is 1.71. The number of benzene rings is 3. The number of carbonyl (C=O) groups excluding carboxylic acids is 1. The third-order valence-corrected chi connectivity index (χ3v) is 5.62. The van der Waals surface area contributed by atoms with E-state index >= 15 is 0 Å². The van der Waals surface area contributed by atoms with Crippen molar-refractivity contribution in [2.75, 3.05) is 32.1 Å². The summed E-state index contributed by atoms with van der Waals surface area (Å²) in [5.74, 6) is -0.587. The van der Waals surface area contributed by atoms with Gasteiger partial charge in [-0.15, -0.1) is 0 Å². The highest BCUT2D eigenvalue weighted by molar-refractivity contribution is 5.92. The van der Waals surface area contributed by atoms with Crippen LogP contribution in [-0.4, -0.2) is 43.2 Å². The normalized spacial score (nSPS) is 15.2. The van der Waals surface area contributed by atoms with Gasteiger partial charge in [-0.25, -0.2) is 4.79 Å². The molecule has 1 aliphatic heterocycles. The minimum atomic E-state index is -0.517. The number of phenolic OH excluding ortho intramolecular Hbond substituents is 1. The van der Waals surface area contributed by atoms with Gasteiger partial charge in [-0.05, 0) is 56.9 Å². The number of hydrogen-bond donors (Lipinski definition) is 1. The smallest absolute Gasteiger partial charge is 0.342 e. The van der Waals surface area contributed by atoms with Crippen molar-refractivity contribution in [1.29, 1.82) is 0 Å². The van der Waals surface area contributed by atoms with Gasteiger partial charge in [0.25, 0.3) is 0 Å². The molecule has 0 aromatic heterocycles. The topological polar surface area (TPSA) is 53.0 Å². The quantitative estimate of drug-likeness (QED) is 0.577. The lowest BCUT2D eigenvalue weighted by atomic mass is 10.0. The Morgan fingerprint density at radius 3 is 2.45 bits per heavy atom. The minimum Gasteiger partial charge on any atom is -0.507 e. The summed E-state index contributed by atoms with van der Waals surface area (Å²) < 4.78 is 5.98. The van der Waals surface area contributed by atoms with Crippen LogP contribution in [0.15, 0.2) is 72.8 Å². The third kappa shape index (κ3) is 4.57. The molecule has 0 saturated carbocycles. The average Bonchev–Trinajstić information content (AvgIpc) is 2.89. The van der Waals surface area contributed by atoms with Crippen molar-refractivity contribution < 1.29 is 14.6 Å². The Labute approximate surface area is 183 Å². The van der Waals surface area contributed by atoms with Crippen LogP contribution in [0.5, 0.6) is 5.75 Å². The van der Waals surface area contributed by atoms with Crippen molar-refractivity contribution in [3.8, 4) is 5.75 Å². The van der Waals surface area contributed by atoms with Gasteiger partial charge in [0.1, 0.15) is 17.4 Å². The molecule has 3 aromatic rings. The lowest BCUT2D eigenvalue weighted by Crippen LogP contribution is -2.24. The van der Waals surface area contributed by atoms with Crippen LogP contribution >= 0.6 is 0 Å². The van der Waals surface area contributed by atoms with Gasteiger partial charge in [0.2, 0.25) is 0 Å². The highest BCUT2D eigenvalue weighted by atomic mass is 16.5. The number of nitrogens with zero attached hydrogens (tertiary/aromatic N) is 2. The molecule has 31 heavy (non-hydrogen) atoms. The summed E-state index contributed by atoms with van der Waals surface area (Å²) in [5, 5.41) is 10.1. The second kappa shape index (κ2) is 9.23. The van der Waals surface area contributed by atoms with Gasteiger partial charge in [0.05, 0.1) is 0 Å². The van der Waals surface area contributed by atoms with Crippen molar-refractivity contribution in [2.24, 2.45) is 0 Å². The number of aromatic hydroxyl groups is 1. The fourth-order valence-electron chi connectivity index (χ4n) is 4.12. The number of ether oxygens (including phenoxy) is 1. The summed E-state index contributed by atoms with van der Waals surface area (Å²) in [7, 11) is 4.16. The van der Waals surface area contributed by atoms with E-state index < -0.39 is 12.1 Å². The first kappa shape index (κ1) is 20.9. The zero-order valence-corrected chi connectivity index (χ0v) is 18.0. The van der Waals surface area contributed by atoms with Gasteiger partial charge in [-0.1, -0.05) is 48.5 Å². The molecule has 1 heterocycles. The van der Waals surface area contributed by atoms with E-state index in [9.17, 15) is 9.90 Å². The Morgan fingerprint density at radius 1 is 1.00 bits per heavy atom. The van der Waals surface area contributed by atoms with Crippen LogP contribution < -0.4 is 4.90 Å². The maximum absolute atomic E-state index is 12.9. The van der Waals surface area contributed by atoms with E-state index in [1.54, 1.807) is 18.2 Å². The minimum absolute atomic E-state index is 0.0693. The number of anilines is 2. The molecule has 1 unspecified atom stereocenters. The van der Waals surface area contributed by atoms with E-state index in [0.29, 0.717) is 6.42 Å². The molecule has 4 rings (SSSR count). The summed E-state index contributed by atoms with van der Waals surface area (Å²) in [6.45, 7) is 1.86. The molecule has 0 saturated heterocycles. The predicted octanol–water partition coefficient (Wildman–Crippen LogP) is 4.94. The van der Waals surface area contributed by atoms with Gasteiger partial charge < -0.3 is 19.6 Å². The molecule has 0 spiro atoms. The van der Waals surface area contributed by atoms with Gasteiger partial charge in [-0.2, -0.15) is 0 Å². The van der Waals surface area contributed by atoms with Crippen LogP contribution in [-0.2, 0) is 11.2 Å². The number of para-hydroxylation sites is 3. The average molecular weight is 417 g/mol. The highest BCUT2D eigenvalue weighted by Gasteiger charge is 2.29. The SMILES string of the molecule is CN(C)CCCN1c2ccccc2CC(OC(=O)c2ccccc2O)c2ccccc21. The summed E-state index contributed by atoms with van der Waals surface area (Å²) in [6, 6.07) is 22.9. The van der Waals surface area contributed by atoms with Crippen LogP contribution in [0.3, 0.4) is 0 Å². The molecule has 0 aliphatic carbocycles. The van der Waals surface area contributed by atoms with E-state index in [-0.39, 0.29) is 11.3 Å². The second-order valence-corrected chi connectivity index (χ2v) is 8.11. The summed E-state index contributed by atoms with van der Waals surface area (Å²) in [4.78, 5) is 17.4. The van der Waals surface area contributed by atoms with Gasteiger partial charge in [-0.3, -0.25) is 0 Å². The van der Waals surface area contributed by atoms with Crippen LogP contribution in [0.4, 0.5) is 11.4 Å². The van der Waals surface area contributed by atoms with Crippen LogP contribution in [0.1, 0.15) is 34.0 Å². The van der Waals surface area contributed by atoms with Crippen molar-refractivity contribution in [3.63, 3.8) is 0 Å². The molecular formula is C26H28N2O3. The molecule has 160 valence electrons. The number of rotatable bonds is 6. The van der Waals surface area contributed by atoms with Gasteiger partial charge in [0, 0.05) is 29.9 Å². The number of esters is 1. The van der Waals surface area contributed by atoms with Crippen LogP contribution in [0, 0.1) is 0 Å². The first-order valence-corrected chi connectivity index (χ1v) is 10.6. The Morgan fingerprint density at radius 2 is 1.68 bits per heavy atom. The monoisotopic (exact) mass is 416 g/mol. The first-order valence-electron chi connectivity index (χ1n) is 10.6. The molecular weight excluding hydrogens is 388 g/mol. The largest absolute Gasteiger partial charge is 0.507 e. The fraction of sp³-hybridized carbons (Fsp3) is 0.269. The van der Waals surface area contributed by atoms with E-state index in [0.717, 1.165) is 42.0 Å². The molecule has 0 radical (unpaired) electrons. The number of phenols is 1. The van der Waals surface area contributed by atoms with E-state index in [1.165, 1.54) is 6.07 Å². The Hall–Kier alpha value is -3.31. The van der Waals surface area contributed by atoms with E-state index in [1.807, 2.05) is 24.3 Å². The van der Waals surface area contributed by atoms with Crippen molar-refractivity contribution in [2.45, 2.75) is 18.9 Å². The maximum Gasteiger partial charge on any atom is 0.342 e. The molecule has 1 atom stereocenters. The summed E-state index contributed by atoms with van der Waals surface area (Å²) in [5.41, 5.74) is 4.50. The lowest BCUT2D eigenvalue weighted by molar-refractivity contribution is 0.0297. The molecule has 5 nitrogen and oxygen atoms in total. The summed E-state index contributed by atoms with van der Waals surface area (Å²) >= 11 is 0. The lowest BCUT2D eigenvalue weighted by Gasteiger charge is -2.28. The van der Waals surface area contributed by atoms with Crippen LogP contribution in [0.2, 0.25) is 0 Å². The summed E-state index contributed by atoms with van der Waals surface area (Å²) in [6.07, 6.45) is 1.15. The predicted molar refractivity (Wildman–Crippen MR) is 123 cm³/mol. The Kier molecular flexibility index (Phi) is 6.23. The molecule has 3 aromatic carbocycles. The standard InChI is InChI=1S/C26H28N2O3/c1-27(2)16-9-17-28-22-13-6-3-10-19(22)18-25(20-11-4-7-14-23(20)28)31-26(30)21-12-5-8-15-24(21)29/h3-8,10-15,25,29H,9,16-18H2,1-2H3. The highest BCUT2D eigenvalue weighted by Crippen LogP contribution is 2.41. The van der Waals surface area contributed by atoms with E-state index in [4.69, 9.17) is 4.74 Å². The maximum atomic E-state index is 12.9. The van der Waals surface area contributed by atoms with Gasteiger partial charge in [0.15, 0.2) is 0 Å². The van der Waals surface area contributed by atoms with Crippen LogP contribution in [0.25, 0.3) is 0 Å². The molecule has 0 fully saturated rings. The fourth-order valence-corrected chi connectivity index (χ4v) is 4.12. The molecule has 5 heteroatoms. The van der Waals surface area contributed by atoms with Crippen molar-refractivity contribution in [3.05, 3.63) is 89.5 Å². The van der Waals surface area contributed by atoms with Crippen molar-refractivity contribution >= 4 is 17.3 Å². The molecule has 0 amide bonds. The Bertz CT molecular complexity index is 1060. The second-order valence-electron chi connectivity index (χ2n) is 8.11. The molecule has 1 N–H and O–H groups in total. The molecule has 1 aliphatic rings. The number of carbonyl (C=O) groups is 1. The van der Waals surface area contributed by atoms with E-state index in [2.05, 4.69) is 48.2 Å². The van der Waals surface area contributed by atoms with Crippen molar-refractivity contribution in [1.82, 2.24) is 4.90 Å². The number of fused-ring (bicyclic) bond motifs is 2. The zero-order valence-electron chi connectivity index (χ0n) is 18.0. The zero-order chi connectivity index (χ0) is 21.8. The molecule has 0 bridgehead atoms.